The minimum Gasteiger partial charge on any atom is -0.207 e. The maximum atomic E-state index is 13.7. The van der Waals surface area contributed by atoms with E-state index in [1.54, 1.807) is 0 Å². The van der Waals surface area contributed by atoms with Crippen LogP contribution in [-0.4, -0.2) is 0 Å². The van der Waals surface area contributed by atoms with Gasteiger partial charge in [-0.25, -0.2) is 8.78 Å². The molecule has 2 rings (SSSR count). The number of alkyl halides is 1. The van der Waals surface area contributed by atoms with Gasteiger partial charge in [-0.3, -0.25) is 0 Å². The van der Waals surface area contributed by atoms with Crippen molar-refractivity contribution in [3.05, 3.63) is 70.3 Å². The summed E-state index contributed by atoms with van der Waals surface area (Å²) in [5, 5.41) is -0.499. The lowest BCUT2D eigenvalue weighted by Gasteiger charge is -2.13. The second-order valence-electron chi connectivity index (χ2n) is 4.77. The van der Waals surface area contributed by atoms with E-state index in [1.807, 2.05) is 32.0 Å². The van der Waals surface area contributed by atoms with Crippen LogP contribution in [0.15, 0.2) is 36.4 Å². The Labute approximate surface area is 117 Å². The fourth-order valence-electron chi connectivity index (χ4n) is 2.08. The van der Waals surface area contributed by atoms with Crippen molar-refractivity contribution in [1.29, 1.82) is 0 Å². The monoisotopic (exact) mass is 280 g/mol. The van der Waals surface area contributed by atoms with Crippen molar-refractivity contribution >= 4 is 11.6 Å². The molecule has 0 saturated carbocycles. The molecule has 0 bridgehead atoms. The lowest BCUT2D eigenvalue weighted by Crippen LogP contribution is -2.01. The molecular weight excluding hydrogens is 266 g/mol. The van der Waals surface area contributed by atoms with Gasteiger partial charge in [0.2, 0.25) is 0 Å². The highest BCUT2D eigenvalue weighted by molar-refractivity contribution is 6.20. The van der Waals surface area contributed by atoms with E-state index in [1.165, 1.54) is 12.1 Å². The summed E-state index contributed by atoms with van der Waals surface area (Å²) < 4.78 is 26.5. The van der Waals surface area contributed by atoms with Crippen molar-refractivity contribution in [2.75, 3.05) is 0 Å². The molecule has 0 N–H and O–H groups in total. The molecule has 0 aliphatic carbocycles. The third kappa shape index (κ3) is 3.32. The summed E-state index contributed by atoms with van der Waals surface area (Å²) in [6.45, 7) is 4.00. The largest absolute Gasteiger partial charge is 0.207 e. The van der Waals surface area contributed by atoms with E-state index in [-0.39, 0.29) is 0 Å². The van der Waals surface area contributed by atoms with E-state index in [0.29, 0.717) is 12.0 Å². The number of aryl methyl sites for hydroxylation is 2. The van der Waals surface area contributed by atoms with Crippen LogP contribution in [0.25, 0.3) is 0 Å². The van der Waals surface area contributed by atoms with Gasteiger partial charge in [0, 0.05) is 11.6 Å². The highest BCUT2D eigenvalue weighted by Crippen LogP contribution is 2.29. The molecule has 0 amide bonds. The molecule has 100 valence electrons. The van der Waals surface area contributed by atoms with E-state index >= 15 is 0 Å². The van der Waals surface area contributed by atoms with Crippen LogP contribution in [0.4, 0.5) is 8.78 Å². The van der Waals surface area contributed by atoms with Gasteiger partial charge in [-0.2, -0.15) is 0 Å². The van der Waals surface area contributed by atoms with Crippen LogP contribution < -0.4 is 0 Å². The predicted octanol–water partition coefficient (Wildman–Crippen LogP) is 5.10. The molecule has 3 heteroatoms. The Balaban J connectivity index is 2.25. The van der Waals surface area contributed by atoms with E-state index in [9.17, 15) is 8.78 Å². The highest BCUT2D eigenvalue weighted by Gasteiger charge is 2.15. The average Bonchev–Trinajstić information content (AvgIpc) is 2.33. The zero-order valence-corrected chi connectivity index (χ0v) is 11.6. The van der Waals surface area contributed by atoms with Crippen LogP contribution in [0.3, 0.4) is 0 Å². The van der Waals surface area contributed by atoms with Crippen molar-refractivity contribution < 1.29 is 8.78 Å². The molecule has 0 spiro atoms. The van der Waals surface area contributed by atoms with Crippen LogP contribution in [0.5, 0.6) is 0 Å². The third-order valence-corrected chi connectivity index (χ3v) is 3.59. The summed E-state index contributed by atoms with van der Waals surface area (Å²) in [7, 11) is 0. The van der Waals surface area contributed by atoms with Gasteiger partial charge in [-0.1, -0.05) is 29.8 Å². The first kappa shape index (κ1) is 14.0. The third-order valence-electron chi connectivity index (χ3n) is 3.20. The summed E-state index contributed by atoms with van der Waals surface area (Å²) in [6, 6.07) is 9.61. The number of rotatable bonds is 3. The first-order valence-corrected chi connectivity index (χ1v) is 6.56. The molecule has 1 unspecified atom stereocenters. The Bertz CT molecular complexity index is 593. The smallest absolute Gasteiger partial charge is 0.130 e. The number of hydrogen-bond donors (Lipinski definition) is 0. The van der Waals surface area contributed by atoms with Gasteiger partial charge in [-0.05, 0) is 37.5 Å². The van der Waals surface area contributed by atoms with Gasteiger partial charge in [0.25, 0.3) is 0 Å². The van der Waals surface area contributed by atoms with Gasteiger partial charge in [0.1, 0.15) is 11.6 Å². The number of halogens is 3. The second kappa shape index (κ2) is 5.70. The van der Waals surface area contributed by atoms with Crippen molar-refractivity contribution in [3.8, 4) is 0 Å². The minimum absolute atomic E-state index is 0.337. The number of benzene rings is 2. The number of hydrogen-bond acceptors (Lipinski definition) is 0. The molecule has 1 atom stereocenters. The predicted molar refractivity (Wildman–Crippen MR) is 74.6 cm³/mol. The van der Waals surface area contributed by atoms with E-state index in [2.05, 4.69) is 0 Å². The maximum Gasteiger partial charge on any atom is 0.130 e. The molecule has 2 aromatic rings. The summed E-state index contributed by atoms with van der Waals surface area (Å²) in [6.07, 6.45) is 0.525. The Morgan fingerprint density at radius 3 is 2.47 bits per heavy atom. The Hall–Kier alpha value is -1.41. The van der Waals surface area contributed by atoms with Gasteiger partial charge in [-0.15, -0.1) is 11.6 Å². The fraction of sp³-hybridized carbons (Fsp3) is 0.250. The Morgan fingerprint density at radius 2 is 1.79 bits per heavy atom. The van der Waals surface area contributed by atoms with E-state index in [4.69, 9.17) is 11.6 Å². The van der Waals surface area contributed by atoms with Crippen LogP contribution in [0.1, 0.15) is 27.6 Å². The fourth-order valence-corrected chi connectivity index (χ4v) is 2.42. The molecule has 0 saturated heterocycles. The van der Waals surface area contributed by atoms with Crippen molar-refractivity contribution in [1.82, 2.24) is 0 Å². The minimum atomic E-state index is -0.592. The van der Waals surface area contributed by atoms with Crippen LogP contribution in [-0.2, 0) is 6.42 Å². The Morgan fingerprint density at radius 1 is 1.05 bits per heavy atom. The van der Waals surface area contributed by atoms with Crippen molar-refractivity contribution in [3.63, 3.8) is 0 Å². The molecule has 19 heavy (non-hydrogen) atoms. The lowest BCUT2D eigenvalue weighted by atomic mass is 9.98. The zero-order valence-electron chi connectivity index (χ0n) is 10.9. The quantitative estimate of drug-likeness (QED) is 0.686. The van der Waals surface area contributed by atoms with Crippen LogP contribution in [0.2, 0.25) is 0 Å². The molecule has 0 fully saturated rings. The second-order valence-corrected chi connectivity index (χ2v) is 5.29. The summed E-state index contributed by atoms with van der Waals surface area (Å²) in [5.74, 6) is -1.18. The Kier molecular flexibility index (Phi) is 4.20. The van der Waals surface area contributed by atoms with Gasteiger partial charge >= 0.3 is 0 Å². The molecule has 2 aromatic carbocycles. The molecular formula is C16H15ClF2. The van der Waals surface area contributed by atoms with Gasteiger partial charge in [0.15, 0.2) is 0 Å². The normalized spacial score (nSPS) is 12.5. The lowest BCUT2D eigenvalue weighted by molar-refractivity contribution is 0.569. The summed E-state index contributed by atoms with van der Waals surface area (Å²) in [4.78, 5) is 0. The summed E-state index contributed by atoms with van der Waals surface area (Å²) >= 11 is 6.26. The molecule has 0 aromatic heterocycles. The van der Waals surface area contributed by atoms with Gasteiger partial charge < -0.3 is 0 Å². The molecule has 0 nitrogen and oxygen atoms in total. The molecule has 0 aliphatic rings. The standard InChI is InChI=1S/C16H15ClF2/c1-10-3-4-11(2)12(7-10)8-15(17)14-6-5-13(18)9-16(14)19/h3-7,9,15H,8H2,1-2H3. The van der Waals surface area contributed by atoms with Crippen LogP contribution >= 0.6 is 11.6 Å². The molecule has 0 radical (unpaired) electrons. The average molecular weight is 281 g/mol. The highest BCUT2D eigenvalue weighted by atomic mass is 35.5. The maximum absolute atomic E-state index is 13.7. The topological polar surface area (TPSA) is 0 Å². The first-order valence-electron chi connectivity index (χ1n) is 6.12. The molecule has 0 heterocycles. The van der Waals surface area contributed by atoms with Crippen LogP contribution in [0, 0.1) is 25.5 Å². The van der Waals surface area contributed by atoms with Gasteiger partial charge in [0.05, 0.1) is 5.38 Å². The molecule has 0 aliphatic heterocycles. The summed E-state index contributed by atoms with van der Waals surface area (Å²) in [5.41, 5.74) is 3.69. The van der Waals surface area contributed by atoms with Crippen molar-refractivity contribution in [2.24, 2.45) is 0 Å². The van der Waals surface area contributed by atoms with E-state index < -0.39 is 17.0 Å². The van der Waals surface area contributed by atoms with E-state index in [0.717, 1.165) is 22.8 Å². The first-order chi connectivity index (χ1) is 8.97. The SMILES string of the molecule is Cc1ccc(C)c(CC(Cl)c2ccc(F)cc2F)c1. The van der Waals surface area contributed by atoms with Crippen molar-refractivity contribution in [2.45, 2.75) is 25.6 Å². The zero-order chi connectivity index (χ0) is 14.0.